The van der Waals surface area contributed by atoms with Gasteiger partial charge < -0.3 is 18.2 Å². The second-order valence-electron chi connectivity index (χ2n) is 16.5. The van der Waals surface area contributed by atoms with Gasteiger partial charge in [0.15, 0.2) is 0 Å². The second kappa shape index (κ2) is 14.5. The average molecular weight is 820 g/mol. The van der Waals surface area contributed by atoms with Crippen LogP contribution < -0.4 is 4.90 Å². The first-order chi connectivity index (χ1) is 31.7. The highest BCUT2D eigenvalue weighted by Crippen LogP contribution is 2.41. The van der Waals surface area contributed by atoms with Gasteiger partial charge in [-0.05, 0) is 118 Å². The van der Waals surface area contributed by atoms with Gasteiger partial charge in [0.2, 0.25) is 0 Å². The van der Waals surface area contributed by atoms with Gasteiger partial charge in [-0.1, -0.05) is 146 Å². The number of nitrogens with zero attached hydrogens (tertiary/aromatic N) is 1. The molecule has 4 nitrogen and oxygen atoms in total. The summed E-state index contributed by atoms with van der Waals surface area (Å²) in [6.07, 6.45) is 0. The van der Waals surface area contributed by atoms with Crippen molar-refractivity contribution in [3.63, 3.8) is 0 Å². The number of hydrogen-bond donors (Lipinski definition) is 0. The number of anilines is 3. The average Bonchev–Trinajstić information content (AvgIpc) is 4.06. The van der Waals surface area contributed by atoms with E-state index in [1.807, 2.05) is 36.4 Å². The van der Waals surface area contributed by atoms with Crippen molar-refractivity contribution in [1.82, 2.24) is 0 Å². The third-order valence-corrected chi connectivity index (χ3v) is 12.7. The lowest BCUT2D eigenvalue weighted by Gasteiger charge is -2.26. The number of fused-ring (bicyclic) bond motifs is 9. The molecule has 0 N–H and O–H groups in total. The molecule has 3 heterocycles. The van der Waals surface area contributed by atoms with Crippen LogP contribution in [0.5, 0.6) is 0 Å². The molecule has 0 radical (unpaired) electrons. The summed E-state index contributed by atoms with van der Waals surface area (Å²) in [7, 11) is 0. The molecule has 64 heavy (non-hydrogen) atoms. The summed E-state index contributed by atoms with van der Waals surface area (Å²) < 4.78 is 18.6. The number of hydrogen-bond acceptors (Lipinski definition) is 4. The van der Waals surface area contributed by atoms with Crippen LogP contribution in [0.25, 0.3) is 110 Å². The molecule has 4 heteroatoms. The minimum atomic E-state index is 0.897. The van der Waals surface area contributed by atoms with E-state index in [9.17, 15) is 0 Å². The number of rotatable bonds is 7. The minimum Gasteiger partial charge on any atom is -0.456 e. The van der Waals surface area contributed by atoms with Crippen LogP contribution in [-0.2, 0) is 0 Å². The third-order valence-electron chi connectivity index (χ3n) is 12.7. The summed E-state index contributed by atoms with van der Waals surface area (Å²) in [5.74, 6) is 0. The van der Waals surface area contributed by atoms with Gasteiger partial charge in [-0.15, -0.1) is 0 Å². The molecule has 0 bridgehead atoms. The van der Waals surface area contributed by atoms with E-state index in [0.717, 1.165) is 127 Å². The van der Waals surface area contributed by atoms with Crippen LogP contribution in [0.1, 0.15) is 0 Å². The Hall–Kier alpha value is -8.60. The van der Waals surface area contributed by atoms with Crippen molar-refractivity contribution in [1.29, 1.82) is 0 Å². The van der Waals surface area contributed by atoms with Gasteiger partial charge in [0.25, 0.3) is 0 Å². The molecule has 13 aromatic rings. The van der Waals surface area contributed by atoms with Gasteiger partial charge in [-0.3, -0.25) is 0 Å². The number of benzene rings is 10. The standard InChI is InChI=1S/C60H37NO3/c1-6-15-57-49(8-1)52-12-7-11-48(60(52)64-57)42-18-16-38(17-19-42)39-20-28-45(29-21-39)61(46-30-22-40(23-31-46)43-26-34-58-53(36-43)50-9-2-4-13-55(50)62-58)47-32-24-41(25-33-47)44-27-35-59-54(37-44)51-10-3-5-14-56(51)63-59/h1-37H. The largest absolute Gasteiger partial charge is 0.456 e. The summed E-state index contributed by atoms with van der Waals surface area (Å²) >= 11 is 0. The van der Waals surface area contributed by atoms with E-state index in [1.165, 1.54) is 0 Å². The molecular formula is C60H37NO3. The van der Waals surface area contributed by atoms with Crippen LogP contribution in [0.2, 0.25) is 0 Å². The van der Waals surface area contributed by atoms with Crippen molar-refractivity contribution < 1.29 is 13.3 Å². The third kappa shape index (κ3) is 5.99. The monoisotopic (exact) mass is 819 g/mol. The van der Waals surface area contributed by atoms with E-state index in [1.54, 1.807) is 0 Å². The zero-order valence-corrected chi connectivity index (χ0v) is 34.5. The topological polar surface area (TPSA) is 42.7 Å². The van der Waals surface area contributed by atoms with Crippen molar-refractivity contribution in [2.45, 2.75) is 0 Å². The number of furan rings is 3. The van der Waals surface area contributed by atoms with Crippen LogP contribution in [0, 0.1) is 0 Å². The van der Waals surface area contributed by atoms with Crippen molar-refractivity contribution in [2.24, 2.45) is 0 Å². The van der Waals surface area contributed by atoms with E-state index in [-0.39, 0.29) is 0 Å². The lowest BCUT2D eigenvalue weighted by Crippen LogP contribution is -2.09. The maximum atomic E-state index is 6.36. The van der Waals surface area contributed by atoms with Gasteiger partial charge >= 0.3 is 0 Å². The first-order valence-electron chi connectivity index (χ1n) is 21.6. The Kier molecular flexibility index (Phi) is 8.18. The van der Waals surface area contributed by atoms with Crippen LogP contribution in [0.4, 0.5) is 17.1 Å². The summed E-state index contributed by atoms with van der Waals surface area (Å²) in [5.41, 5.74) is 17.7. The van der Waals surface area contributed by atoms with Gasteiger partial charge in [-0.2, -0.15) is 0 Å². The zero-order valence-electron chi connectivity index (χ0n) is 34.5. The Bertz CT molecular complexity index is 3710. The normalized spacial score (nSPS) is 11.8. The van der Waals surface area contributed by atoms with Gasteiger partial charge in [0.05, 0.1) is 0 Å². The first kappa shape index (κ1) is 36.1. The molecule has 0 aliphatic heterocycles. The summed E-state index contributed by atoms with van der Waals surface area (Å²) in [5, 5.41) is 6.77. The fourth-order valence-corrected chi connectivity index (χ4v) is 9.48. The zero-order chi connectivity index (χ0) is 42.1. The van der Waals surface area contributed by atoms with Crippen molar-refractivity contribution in [2.75, 3.05) is 4.90 Å². The smallest absolute Gasteiger partial charge is 0.143 e. The highest BCUT2D eigenvalue weighted by atomic mass is 16.3. The molecule has 0 atom stereocenters. The molecular weight excluding hydrogens is 783 g/mol. The van der Waals surface area contributed by atoms with Gasteiger partial charge in [0.1, 0.15) is 33.5 Å². The van der Waals surface area contributed by atoms with E-state index in [2.05, 4.69) is 193 Å². The SMILES string of the molecule is c1ccc2c(c1)oc1ccc(-c3ccc(N(c4ccc(-c5ccc(-c6cccc7c6oc6ccccc67)cc5)cc4)c4ccc(-c5ccc6oc7ccccc7c6c5)cc4)cc3)cc12. The van der Waals surface area contributed by atoms with Crippen molar-refractivity contribution in [3.8, 4) is 44.5 Å². The molecule has 10 aromatic carbocycles. The fourth-order valence-electron chi connectivity index (χ4n) is 9.48. The predicted molar refractivity (Wildman–Crippen MR) is 265 cm³/mol. The fraction of sp³-hybridized carbons (Fsp3) is 0. The minimum absolute atomic E-state index is 0.897. The summed E-state index contributed by atoms with van der Waals surface area (Å²) in [4.78, 5) is 2.33. The van der Waals surface area contributed by atoms with Crippen LogP contribution in [-0.4, -0.2) is 0 Å². The maximum absolute atomic E-state index is 6.36. The summed E-state index contributed by atoms with van der Waals surface area (Å²) in [6, 6.07) is 79.4. The highest BCUT2D eigenvalue weighted by molar-refractivity contribution is 6.10. The molecule has 0 aliphatic rings. The molecule has 0 saturated heterocycles. The summed E-state index contributed by atoms with van der Waals surface area (Å²) in [6.45, 7) is 0. The Balaban J connectivity index is 0.846. The Morgan fingerprint density at radius 2 is 0.578 bits per heavy atom. The molecule has 0 amide bonds. The molecule has 0 spiro atoms. The van der Waals surface area contributed by atoms with Gasteiger partial charge in [-0.25, -0.2) is 0 Å². The van der Waals surface area contributed by atoms with Crippen molar-refractivity contribution >= 4 is 82.9 Å². The van der Waals surface area contributed by atoms with Crippen LogP contribution >= 0.6 is 0 Å². The van der Waals surface area contributed by atoms with Gasteiger partial charge in [0, 0.05) is 54.9 Å². The first-order valence-corrected chi connectivity index (χ1v) is 21.6. The van der Waals surface area contributed by atoms with Crippen LogP contribution in [0.15, 0.2) is 238 Å². The maximum Gasteiger partial charge on any atom is 0.143 e. The van der Waals surface area contributed by atoms with E-state index < -0.39 is 0 Å². The Morgan fingerprint density at radius 3 is 1.06 bits per heavy atom. The Labute approximate surface area is 368 Å². The lowest BCUT2D eigenvalue weighted by atomic mass is 9.98. The van der Waals surface area contributed by atoms with E-state index >= 15 is 0 Å². The predicted octanol–water partition coefficient (Wildman–Crippen LogP) is 17.5. The lowest BCUT2D eigenvalue weighted by molar-refractivity contribution is 0.668. The molecule has 3 aromatic heterocycles. The van der Waals surface area contributed by atoms with E-state index in [4.69, 9.17) is 13.3 Å². The molecule has 0 saturated carbocycles. The molecule has 0 fully saturated rings. The quantitative estimate of drug-likeness (QED) is 0.161. The highest BCUT2D eigenvalue weighted by Gasteiger charge is 2.17. The molecule has 300 valence electrons. The molecule has 0 unspecified atom stereocenters. The second-order valence-corrected chi connectivity index (χ2v) is 16.5. The van der Waals surface area contributed by atoms with Crippen LogP contribution in [0.3, 0.4) is 0 Å². The molecule has 13 rings (SSSR count). The molecule has 0 aliphatic carbocycles. The van der Waals surface area contributed by atoms with Crippen molar-refractivity contribution in [3.05, 3.63) is 224 Å². The van der Waals surface area contributed by atoms with E-state index in [0.29, 0.717) is 0 Å². The number of para-hydroxylation sites is 4. The Morgan fingerprint density at radius 1 is 0.234 bits per heavy atom.